The molecule has 1 aromatic carbocycles. The van der Waals surface area contributed by atoms with Crippen LogP contribution in [0.15, 0.2) is 42.6 Å². The van der Waals surface area contributed by atoms with Gasteiger partial charge < -0.3 is 20.1 Å². The minimum atomic E-state index is -0.514. The van der Waals surface area contributed by atoms with E-state index in [1.807, 2.05) is 49.6 Å². The number of carbonyl (C=O) groups is 2. The molecule has 6 rings (SSSR count). The fourth-order valence-electron chi connectivity index (χ4n) is 5.72. The molecular formula is C28H33N5O4. The van der Waals surface area contributed by atoms with E-state index in [4.69, 9.17) is 14.5 Å². The molecule has 37 heavy (non-hydrogen) atoms. The lowest BCUT2D eigenvalue weighted by Crippen LogP contribution is -2.51. The second kappa shape index (κ2) is 8.75. The number of carbonyl (C=O) groups excluding carboxylic acids is 2. The van der Waals surface area contributed by atoms with Crippen LogP contribution in [0.25, 0.3) is 5.65 Å². The molecule has 194 valence electrons. The maximum atomic E-state index is 12.6. The van der Waals surface area contributed by atoms with Crippen LogP contribution in [0, 0.1) is 5.92 Å². The number of aromatic nitrogens is 3. The monoisotopic (exact) mass is 503 g/mol. The molecule has 3 aliphatic rings. The highest BCUT2D eigenvalue weighted by molar-refractivity contribution is 5.89. The molecule has 9 heteroatoms. The van der Waals surface area contributed by atoms with Crippen molar-refractivity contribution in [1.29, 1.82) is 0 Å². The zero-order chi connectivity index (χ0) is 25.8. The van der Waals surface area contributed by atoms with Crippen molar-refractivity contribution in [3.05, 3.63) is 59.4 Å². The molecule has 1 unspecified atom stereocenters. The summed E-state index contributed by atoms with van der Waals surface area (Å²) >= 11 is 0. The number of alkyl carbamates (subject to hydrolysis) is 1. The maximum absolute atomic E-state index is 12.6. The molecule has 3 aliphatic carbocycles. The molecule has 0 saturated heterocycles. The number of hydrogen-bond donors (Lipinski definition) is 2. The van der Waals surface area contributed by atoms with Gasteiger partial charge in [0.2, 0.25) is 0 Å². The highest BCUT2D eigenvalue weighted by Gasteiger charge is 2.58. The van der Waals surface area contributed by atoms with E-state index in [1.54, 1.807) is 18.3 Å². The van der Waals surface area contributed by atoms with E-state index in [0.29, 0.717) is 12.2 Å². The average molecular weight is 504 g/mol. The van der Waals surface area contributed by atoms with Gasteiger partial charge in [0.05, 0.1) is 24.1 Å². The molecule has 0 bridgehead atoms. The number of benzene rings is 1. The van der Waals surface area contributed by atoms with Crippen LogP contribution in [0.4, 0.5) is 10.6 Å². The third-order valence-electron chi connectivity index (χ3n) is 7.75. The number of anilines is 1. The molecule has 0 radical (unpaired) electrons. The third kappa shape index (κ3) is 4.51. The molecule has 2 N–H and O–H groups in total. The Kier molecular flexibility index (Phi) is 5.62. The molecule has 1 atom stereocenters. The summed E-state index contributed by atoms with van der Waals surface area (Å²) in [5, 5.41) is 11.2. The Morgan fingerprint density at radius 2 is 1.86 bits per heavy atom. The molecule has 2 saturated carbocycles. The normalized spacial score (nSPS) is 23.3. The van der Waals surface area contributed by atoms with Crippen molar-refractivity contribution in [3.8, 4) is 0 Å². The van der Waals surface area contributed by atoms with E-state index in [-0.39, 0.29) is 35.5 Å². The van der Waals surface area contributed by atoms with Crippen LogP contribution in [0.1, 0.15) is 68.1 Å². The van der Waals surface area contributed by atoms with Crippen molar-refractivity contribution in [3.63, 3.8) is 0 Å². The van der Waals surface area contributed by atoms with Crippen LogP contribution < -0.4 is 10.6 Å². The number of esters is 1. The number of ether oxygens (including phenoxy) is 2. The highest BCUT2D eigenvalue weighted by atomic mass is 16.6. The van der Waals surface area contributed by atoms with Crippen molar-refractivity contribution in [2.24, 2.45) is 5.92 Å². The predicted octanol–water partition coefficient (Wildman–Crippen LogP) is 4.26. The lowest BCUT2D eigenvalue weighted by molar-refractivity contribution is 0.0417. The first-order chi connectivity index (χ1) is 17.7. The first-order valence-corrected chi connectivity index (χ1v) is 13.1. The summed E-state index contributed by atoms with van der Waals surface area (Å²) in [6.07, 6.45) is 5.90. The highest BCUT2D eigenvalue weighted by Crippen LogP contribution is 2.60. The second-order valence-electron chi connectivity index (χ2n) is 11.6. The Labute approximate surface area is 215 Å². The first-order valence-electron chi connectivity index (χ1n) is 13.1. The summed E-state index contributed by atoms with van der Waals surface area (Å²) in [7, 11) is 0. The van der Waals surface area contributed by atoms with E-state index < -0.39 is 5.60 Å². The third-order valence-corrected chi connectivity index (χ3v) is 7.75. The minimum Gasteiger partial charge on any atom is -0.462 e. The van der Waals surface area contributed by atoms with Crippen LogP contribution in [0.2, 0.25) is 0 Å². The summed E-state index contributed by atoms with van der Waals surface area (Å²) in [5.41, 5.74) is 3.12. The van der Waals surface area contributed by atoms with Crippen LogP contribution in [0.5, 0.6) is 0 Å². The molecule has 2 fully saturated rings. The van der Waals surface area contributed by atoms with Gasteiger partial charge in [-0.25, -0.2) is 14.6 Å². The Balaban J connectivity index is 1.16. The van der Waals surface area contributed by atoms with Crippen molar-refractivity contribution >= 4 is 23.5 Å². The van der Waals surface area contributed by atoms with Crippen LogP contribution >= 0.6 is 0 Å². The van der Waals surface area contributed by atoms with Gasteiger partial charge in [0.15, 0.2) is 5.65 Å². The first kappa shape index (κ1) is 23.8. The summed E-state index contributed by atoms with van der Waals surface area (Å²) in [6, 6.07) is 11.4. The molecule has 0 aliphatic heterocycles. The number of nitrogens with zero attached hydrogens (tertiary/aromatic N) is 3. The lowest BCUT2D eigenvalue weighted by atomic mass is 9.86. The largest absolute Gasteiger partial charge is 0.462 e. The van der Waals surface area contributed by atoms with E-state index in [9.17, 15) is 9.59 Å². The number of amides is 1. The van der Waals surface area contributed by atoms with Crippen LogP contribution in [-0.4, -0.2) is 51.0 Å². The van der Waals surface area contributed by atoms with Gasteiger partial charge in [-0.15, -0.1) is 0 Å². The Bertz CT molecular complexity index is 1340. The molecule has 2 aromatic heterocycles. The van der Waals surface area contributed by atoms with Crippen molar-refractivity contribution in [2.75, 3.05) is 11.9 Å². The zero-order valence-corrected chi connectivity index (χ0v) is 21.5. The summed E-state index contributed by atoms with van der Waals surface area (Å²) < 4.78 is 13.0. The average Bonchev–Trinajstić information content (AvgIpc) is 3.38. The molecule has 3 aromatic rings. The number of hydrogen-bond acceptors (Lipinski definition) is 7. The van der Waals surface area contributed by atoms with Crippen molar-refractivity contribution < 1.29 is 19.1 Å². The van der Waals surface area contributed by atoms with Gasteiger partial charge in [0, 0.05) is 35.0 Å². The summed E-state index contributed by atoms with van der Waals surface area (Å²) in [6.45, 7) is 5.95. The standard InChI is InChI=1S/C28H33N5O4/c1-27(2,3)37-26(35)31-20-14-19(15-20)30-24-21-13-18(16-36-25(34)17-7-5-4-6-8-17)28(10-11-28)23(21)32-22-9-12-29-33(22)24/h4-9,12,18-20,30H,10-11,13-16H2,1-3H3,(H,31,35). The van der Waals surface area contributed by atoms with Gasteiger partial charge in [-0.2, -0.15) is 9.61 Å². The van der Waals surface area contributed by atoms with Gasteiger partial charge in [0.1, 0.15) is 11.4 Å². The van der Waals surface area contributed by atoms with Gasteiger partial charge in [-0.05, 0) is 65.0 Å². The fourth-order valence-corrected chi connectivity index (χ4v) is 5.72. The van der Waals surface area contributed by atoms with Crippen molar-refractivity contribution in [2.45, 2.75) is 76.0 Å². The van der Waals surface area contributed by atoms with Crippen LogP contribution in [0.3, 0.4) is 0 Å². The topological polar surface area (TPSA) is 107 Å². The van der Waals surface area contributed by atoms with E-state index in [1.165, 1.54) is 0 Å². The fraction of sp³-hybridized carbons (Fsp3) is 0.500. The smallest absolute Gasteiger partial charge is 0.407 e. The van der Waals surface area contributed by atoms with E-state index >= 15 is 0 Å². The van der Waals surface area contributed by atoms with E-state index in [2.05, 4.69) is 15.7 Å². The molecule has 9 nitrogen and oxygen atoms in total. The quantitative estimate of drug-likeness (QED) is 0.484. The molecule has 2 heterocycles. The Hall–Kier alpha value is -3.62. The Morgan fingerprint density at radius 3 is 2.57 bits per heavy atom. The van der Waals surface area contributed by atoms with Gasteiger partial charge in [-0.1, -0.05) is 18.2 Å². The molecule has 1 amide bonds. The molecular weight excluding hydrogens is 470 g/mol. The SMILES string of the molecule is CC(C)(C)OC(=O)NC1CC(Nc2c3c(nc4ccnn24)C2(CC2)C(COC(=O)c2ccccc2)C3)C1. The van der Waals surface area contributed by atoms with E-state index in [0.717, 1.165) is 54.8 Å². The van der Waals surface area contributed by atoms with Crippen molar-refractivity contribution in [1.82, 2.24) is 19.9 Å². The lowest BCUT2D eigenvalue weighted by Gasteiger charge is -2.37. The van der Waals surface area contributed by atoms with Gasteiger partial charge >= 0.3 is 12.1 Å². The maximum Gasteiger partial charge on any atom is 0.407 e. The molecule has 1 spiro atoms. The Morgan fingerprint density at radius 1 is 1.11 bits per heavy atom. The zero-order valence-electron chi connectivity index (χ0n) is 21.5. The van der Waals surface area contributed by atoms with Gasteiger partial charge in [-0.3, -0.25) is 0 Å². The summed E-state index contributed by atoms with van der Waals surface area (Å²) in [5.74, 6) is 0.874. The number of fused-ring (bicyclic) bond motifs is 3. The number of nitrogens with one attached hydrogen (secondary N) is 2. The minimum absolute atomic E-state index is 0.0326. The second-order valence-corrected chi connectivity index (χ2v) is 11.6. The van der Waals surface area contributed by atoms with Crippen LogP contribution in [-0.2, 0) is 21.3 Å². The number of rotatable bonds is 6. The van der Waals surface area contributed by atoms with Gasteiger partial charge in [0.25, 0.3) is 0 Å². The summed E-state index contributed by atoms with van der Waals surface area (Å²) in [4.78, 5) is 29.7. The predicted molar refractivity (Wildman–Crippen MR) is 138 cm³/mol.